The molecule has 1 fully saturated rings. The maximum absolute atomic E-state index is 12.0. The van der Waals surface area contributed by atoms with Crippen LogP contribution >= 0.6 is 11.3 Å². The standard InChI is InChI=1S/C15H24N4O2S/c1-2-6-19-7-3-4-11(19)9-16-14(20)18-15-17-12-5-8-21-10-13(12)22-15/h11H,2-10H2,1H3,(H2,16,17,18,20)/t11-/m0/s1. The molecule has 1 atom stereocenters. The first-order chi connectivity index (χ1) is 10.8. The fourth-order valence-electron chi connectivity index (χ4n) is 3.14. The molecule has 1 aromatic heterocycles. The molecule has 7 heteroatoms. The lowest BCUT2D eigenvalue weighted by Gasteiger charge is -2.23. The molecule has 2 N–H and O–H groups in total. The number of ether oxygens (including phenoxy) is 1. The van der Waals surface area contributed by atoms with E-state index in [1.54, 1.807) is 0 Å². The van der Waals surface area contributed by atoms with Crippen LogP contribution in [-0.2, 0) is 17.8 Å². The van der Waals surface area contributed by atoms with E-state index in [1.807, 2.05) is 0 Å². The Morgan fingerprint density at radius 3 is 3.27 bits per heavy atom. The van der Waals surface area contributed by atoms with Crippen molar-refractivity contribution in [2.24, 2.45) is 0 Å². The Balaban J connectivity index is 1.47. The molecule has 0 saturated carbocycles. The molecule has 0 bridgehead atoms. The second-order valence-corrected chi connectivity index (χ2v) is 6.94. The van der Waals surface area contributed by atoms with Crippen LogP contribution < -0.4 is 10.6 Å². The van der Waals surface area contributed by atoms with Crippen LogP contribution in [0.4, 0.5) is 9.93 Å². The summed E-state index contributed by atoms with van der Waals surface area (Å²) in [5, 5.41) is 6.51. The Bertz CT molecular complexity index is 496. The average molecular weight is 324 g/mol. The largest absolute Gasteiger partial charge is 0.375 e. The van der Waals surface area contributed by atoms with Gasteiger partial charge in [0.05, 0.1) is 23.8 Å². The number of hydrogen-bond acceptors (Lipinski definition) is 5. The molecule has 1 saturated heterocycles. The molecule has 3 rings (SSSR count). The van der Waals surface area contributed by atoms with E-state index >= 15 is 0 Å². The van der Waals surface area contributed by atoms with Crippen LogP contribution in [0, 0.1) is 0 Å². The third-order valence-corrected chi connectivity index (χ3v) is 5.21. The molecule has 2 aliphatic rings. The summed E-state index contributed by atoms with van der Waals surface area (Å²) in [6.45, 7) is 6.51. The van der Waals surface area contributed by atoms with E-state index in [9.17, 15) is 4.79 Å². The molecule has 3 heterocycles. The molecule has 0 aliphatic carbocycles. The molecular weight excluding hydrogens is 300 g/mol. The molecule has 0 aromatic carbocycles. The van der Waals surface area contributed by atoms with Gasteiger partial charge >= 0.3 is 6.03 Å². The minimum atomic E-state index is -0.157. The van der Waals surface area contributed by atoms with Crippen molar-refractivity contribution in [1.82, 2.24) is 15.2 Å². The SMILES string of the molecule is CCCN1CCC[C@H]1CNC(=O)Nc1nc2c(s1)COCC2. The molecule has 2 aliphatic heterocycles. The van der Waals surface area contributed by atoms with Gasteiger partial charge in [0.25, 0.3) is 0 Å². The number of carbonyl (C=O) groups is 1. The molecule has 0 spiro atoms. The lowest BCUT2D eigenvalue weighted by molar-refractivity contribution is 0.112. The number of thiazole rings is 1. The van der Waals surface area contributed by atoms with Gasteiger partial charge in [0.15, 0.2) is 5.13 Å². The number of hydrogen-bond donors (Lipinski definition) is 2. The number of rotatable bonds is 5. The summed E-state index contributed by atoms with van der Waals surface area (Å²) in [5.41, 5.74) is 1.07. The van der Waals surface area contributed by atoms with E-state index in [1.165, 1.54) is 24.2 Å². The van der Waals surface area contributed by atoms with E-state index in [2.05, 4.69) is 27.4 Å². The van der Waals surface area contributed by atoms with Crippen molar-refractivity contribution in [3.8, 4) is 0 Å². The molecule has 2 amide bonds. The highest BCUT2D eigenvalue weighted by Gasteiger charge is 2.24. The number of anilines is 1. The summed E-state index contributed by atoms with van der Waals surface area (Å²) in [7, 11) is 0. The van der Waals surface area contributed by atoms with E-state index in [0.717, 1.165) is 43.1 Å². The first kappa shape index (κ1) is 15.7. The smallest absolute Gasteiger partial charge is 0.321 e. The van der Waals surface area contributed by atoms with Crippen molar-refractivity contribution in [1.29, 1.82) is 0 Å². The van der Waals surface area contributed by atoms with Crippen molar-refractivity contribution < 1.29 is 9.53 Å². The van der Waals surface area contributed by atoms with Gasteiger partial charge < -0.3 is 10.1 Å². The lowest BCUT2D eigenvalue weighted by Crippen LogP contribution is -2.41. The van der Waals surface area contributed by atoms with Gasteiger partial charge in [-0.3, -0.25) is 10.2 Å². The fourth-order valence-corrected chi connectivity index (χ4v) is 4.08. The summed E-state index contributed by atoms with van der Waals surface area (Å²) in [6.07, 6.45) is 4.40. The number of carbonyl (C=O) groups excluding carboxylic acids is 1. The maximum Gasteiger partial charge on any atom is 0.321 e. The third-order valence-electron chi connectivity index (χ3n) is 4.22. The van der Waals surface area contributed by atoms with Crippen LogP contribution in [0.5, 0.6) is 0 Å². The zero-order valence-electron chi connectivity index (χ0n) is 13.1. The second kappa shape index (κ2) is 7.39. The normalized spacial score (nSPS) is 21.6. The Labute approximate surface area is 135 Å². The minimum absolute atomic E-state index is 0.157. The van der Waals surface area contributed by atoms with Gasteiger partial charge in [0.2, 0.25) is 0 Å². The topological polar surface area (TPSA) is 66.5 Å². The van der Waals surface area contributed by atoms with Crippen molar-refractivity contribution in [2.45, 2.75) is 45.3 Å². The zero-order valence-corrected chi connectivity index (χ0v) is 13.9. The number of fused-ring (bicyclic) bond motifs is 1. The molecule has 122 valence electrons. The van der Waals surface area contributed by atoms with E-state index in [4.69, 9.17) is 4.74 Å². The van der Waals surface area contributed by atoms with E-state index in [-0.39, 0.29) is 6.03 Å². The van der Waals surface area contributed by atoms with Crippen molar-refractivity contribution >= 4 is 22.5 Å². The Hall–Kier alpha value is -1.18. The third kappa shape index (κ3) is 3.77. The number of nitrogens with zero attached hydrogens (tertiary/aromatic N) is 2. The van der Waals surface area contributed by atoms with Crippen LogP contribution in [0.25, 0.3) is 0 Å². The number of nitrogens with one attached hydrogen (secondary N) is 2. The van der Waals surface area contributed by atoms with Gasteiger partial charge in [-0.15, -0.1) is 0 Å². The molecular formula is C15H24N4O2S. The van der Waals surface area contributed by atoms with Gasteiger partial charge in [-0.05, 0) is 32.4 Å². The van der Waals surface area contributed by atoms with Crippen molar-refractivity contribution in [2.75, 3.05) is 31.6 Å². The number of urea groups is 1. The van der Waals surface area contributed by atoms with Gasteiger partial charge in [-0.1, -0.05) is 18.3 Å². The molecule has 22 heavy (non-hydrogen) atoms. The van der Waals surface area contributed by atoms with Gasteiger partial charge in [0, 0.05) is 19.0 Å². The molecule has 6 nitrogen and oxygen atoms in total. The first-order valence-corrected chi connectivity index (χ1v) is 8.93. The Morgan fingerprint density at radius 1 is 1.55 bits per heavy atom. The van der Waals surface area contributed by atoms with Crippen LogP contribution in [0.3, 0.4) is 0 Å². The monoisotopic (exact) mass is 324 g/mol. The van der Waals surface area contributed by atoms with Gasteiger partial charge in [0.1, 0.15) is 0 Å². The molecule has 1 aromatic rings. The lowest BCUT2D eigenvalue weighted by atomic mass is 10.2. The summed E-state index contributed by atoms with van der Waals surface area (Å²) >= 11 is 1.51. The number of aromatic nitrogens is 1. The predicted molar refractivity (Wildman–Crippen MR) is 87.4 cm³/mol. The first-order valence-electron chi connectivity index (χ1n) is 8.11. The Kier molecular flexibility index (Phi) is 5.28. The van der Waals surface area contributed by atoms with E-state index < -0.39 is 0 Å². The quantitative estimate of drug-likeness (QED) is 0.871. The van der Waals surface area contributed by atoms with Crippen molar-refractivity contribution in [3.05, 3.63) is 10.6 Å². The van der Waals surface area contributed by atoms with E-state index in [0.29, 0.717) is 24.3 Å². The maximum atomic E-state index is 12.0. The molecule has 0 unspecified atom stereocenters. The van der Waals surface area contributed by atoms with Gasteiger partial charge in [-0.2, -0.15) is 0 Å². The second-order valence-electron chi connectivity index (χ2n) is 5.86. The number of amides is 2. The summed E-state index contributed by atoms with van der Waals surface area (Å²) in [5.74, 6) is 0. The minimum Gasteiger partial charge on any atom is -0.375 e. The van der Waals surface area contributed by atoms with Gasteiger partial charge in [-0.25, -0.2) is 9.78 Å². The Morgan fingerprint density at radius 2 is 2.45 bits per heavy atom. The summed E-state index contributed by atoms with van der Waals surface area (Å²) < 4.78 is 5.40. The highest BCUT2D eigenvalue weighted by molar-refractivity contribution is 7.15. The van der Waals surface area contributed by atoms with Crippen molar-refractivity contribution in [3.63, 3.8) is 0 Å². The highest BCUT2D eigenvalue weighted by Crippen LogP contribution is 2.26. The van der Waals surface area contributed by atoms with Crippen LogP contribution in [0.1, 0.15) is 36.8 Å². The number of likely N-dealkylation sites (tertiary alicyclic amines) is 1. The average Bonchev–Trinajstić information content (AvgIpc) is 3.11. The van der Waals surface area contributed by atoms with Crippen LogP contribution in [0.2, 0.25) is 0 Å². The van der Waals surface area contributed by atoms with Crippen LogP contribution in [0.15, 0.2) is 0 Å². The molecule has 0 radical (unpaired) electrons. The van der Waals surface area contributed by atoms with Crippen LogP contribution in [-0.4, -0.2) is 48.2 Å². The fraction of sp³-hybridized carbons (Fsp3) is 0.733. The predicted octanol–water partition coefficient (Wildman–Crippen LogP) is 2.21. The summed E-state index contributed by atoms with van der Waals surface area (Å²) in [6, 6.07) is 0.318. The highest BCUT2D eigenvalue weighted by atomic mass is 32.1. The summed E-state index contributed by atoms with van der Waals surface area (Å²) in [4.78, 5) is 20.1. The zero-order chi connectivity index (χ0) is 15.4.